The van der Waals surface area contributed by atoms with Crippen LogP contribution in [0.25, 0.3) is 0 Å². The Hall–Kier alpha value is -1.75. The van der Waals surface area contributed by atoms with Crippen molar-refractivity contribution in [2.45, 2.75) is 61.8 Å². The highest BCUT2D eigenvalue weighted by molar-refractivity contribution is 8.00. The first-order valence-corrected chi connectivity index (χ1v) is 11.5. The van der Waals surface area contributed by atoms with Crippen molar-refractivity contribution in [2.75, 3.05) is 12.4 Å². The van der Waals surface area contributed by atoms with Crippen LogP contribution in [0.4, 0.5) is 13.2 Å². The monoisotopic (exact) mass is 478 g/mol. The van der Waals surface area contributed by atoms with Crippen molar-refractivity contribution in [1.82, 2.24) is 0 Å². The number of halogens is 3. The van der Waals surface area contributed by atoms with E-state index in [4.69, 9.17) is 9.84 Å². The summed E-state index contributed by atoms with van der Waals surface area (Å²) >= 11 is 1.30. The summed E-state index contributed by atoms with van der Waals surface area (Å²) in [5.74, 6) is -0.875. The Labute approximate surface area is 189 Å². The van der Waals surface area contributed by atoms with Gasteiger partial charge in [0.1, 0.15) is 12.4 Å². The predicted molar refractivity (Wildman–Crippen MR) is 115 cm³/mol. The lowest BCUT2D eigenvalue weighted by atomic mass is 10.0. The molecule has 10 heteroatoms. The van der Waals surface area contributed by atoms with Crippen LogP contribution < -0.4 is 4.74 Å². The summed E-state index contributed by atoms with van der Waals surface area (Å²) in [7, 11) is 0. The fourth-order valence-electron chi connectivity index (χ4n) is 3.55. The molecule has 0 heterocycles. The van der Waals surface area contributed by atoms with Crippen molar-refractivity contribution < 1.29 is 43.1 Å². The van der Waals surface area contributed by atoms with Gasteiger partial charge in [0.15, 0.2) is 0 Å². The molecule has 0 radical (unpaired) electrons. The molecule has 1 aromatic rings. The van der Waals surface area contributed by atoms with Gasteiger partial charge < -0.3 is 25.2 Å². The summed E-state index contributed by atoms with van der Waals surface area (Å²) in [6.07, 6.45) is -1.17. The molecule has 2 rings (SSSR count). The lowest BCUT2D eigenvalue weighted by Gasteiger charge is -2.23. The zero-order chi connectivity index (χ0) is 23.7. The highest BCUT2D eigenvalue weighted by Gasteiger charge is 2.41. The molecular formula is C22H29F3O6S. The van der Waals surface area contributed by atoms with E-state index in [0.29, 0.717) is 19.3 Å². The smallest absolute Gasteiger partial charge is 0.416 e. The summed E-state index contributed by atoms with van der Waals surface area (Å²) in [5.41, 5.74) is -0.833. The van der Waals surface area contributed by atoms with E-state index in [1.54, 1.807) is 0 Å². The minimum atomic E-state index is -4.48. The summed E-state index contributed by atoms with van der Waals surface area (Å²) in [6.45, 7) is -0.201. The molecule has 0 amide bonds. The van der Waals surface area contributed by atoms with Gasteiger partial charge in [-0.3, -0.25) is 4.79 Å². The van der Waals surface area contributed by atoms with Crippen LogP contribution in [0.3, 0.4) is 0 Å². The van der Waals surface area contributed by atoms with Crippen molar-refractivity contribution >= 4 is 17.7 Å². The molecule has 5 atom stereocenters. The van der Waals surface area contributed by atoms with E-state index in [-0.39, 0.29) is 42.1 Å². The summed E-state index contributed by atoms with van der Waals surface area (Å²) in [6, 6.07) is 4.42. The van der Waals surface area contributed by atoms with E-state index in [2.05, 4.69) is 0 Å². The van der Waals surface area contributed by atoms with E-state index in [9.17, 15) is 33.3 Å². The number of rotatable bonds is 12. The van der Waals surface area contributed by atoms with E-state index in [0.717, 1.165) is 12.1 Å². The minimum Gasteiger partial charge on any atom is -0.491 e. The first kappa shape index (κ1) is 26.5. The highest BCUT2D eigenvalue weighted by Crippen LogP contribution is 2.38. The number of aliphatic carboxylic acids is 1. The molecule has 0 aromatic heterocycles. The van der Waals surface area contributed by atoms with Gasteiger partial charge in [0, 0.05) is 29.8 Å². The fraction of sp³-hybridized carbons (Fsp3) is 0.591. The molecule has 1 aromatic carbocycles. The van der Waals surface area contributed by atoms with Crippen LogP contribution in [0.5, 0.6) is 5.75 Å². The Kier molecular flexibility index (Phi) is 10.3. The van der Waals surface area contributed by atoms with E-state index in [1.807, 2.05) is 12.2 Å². The molecule has 5 unspecified atom stereocenters. The minimum absolute atomic E-state index is 0.00566. The maximum absolute atomic E-state index is 12.8. The lowest BCUT2D eigenvalue weighted by Crippen LogP contribution is -2.28. The van der Waals surface area contributed by atoms with Gasteiger partial charge in [-0.1, -0.05) is 18.2 Å². The first-order chi connectivity index (χ1) is 15.1. The van der Waals surface area contributed by atoms with Crippen LogP contribution in [-0.2, 0) is 11.0 Å². The van der Waals surface area contributed by atoms with E-state index in [1.165, 1.54) is 23.9 Å². The topological polar surface area (TPSA) is 107 Å². The van der Waals surface area contributed by atoms with E-state index >= 15 is 0 Å². The van der Waals surface area contributed by atoms with Crippen molar-refractivity contribution in [2.24, 2.45) is 5.92 Å². The zero-order valence-corrected chi connectivity index (χ0v) is 18.3. The Bertz CT molecular complexity index is 757. The number of benzene rings is 1. The highest BCUT2D eigenvalue weighted by atomic mass is 32.2. The molecule has 4 N–H and O–H groups in total. The molecule has 0 bridgehead atoms. The number of allylic oxidation sites excluding steroid dienone is 2. The van der Waals surface area contributed by atoms with Gasteiger partial charge in [-0.2, -0.15) is 24.9 Å². The Morgan fingerprint density at radius 1 is 1.25 bits per heavy atom. The molecule has 1 aliphatic rings. The number of unbranched alkanes of at least 4 members (excludes halogenated alkanes) is 1. The van der Waals surface area contributed by atoms with Crippen LogP contribution in [0.1, 0.15) is 37.7 Å². The van der Waals surface area contributed by atoms with Gasteiger partial charge in [-0.05, 0) is 37.5 Å². The van der Waals surface area contributed by atoms with E-state index < -0.39 is 36.0 Å². The standard InChI is InChI=1S/C22H29F3O6S/c23-22(24,25)14-6-5-7-16(10-14)31-12-15(26)13-32-21-17(18(27)11-19(21)28)8-3-1-2-4-9-20(29)30/h1,3,5-7,10,15,17-19,21,26-28H,2,4,8-9,11-13H2,(H,29,30). The number of carboxylic acid groups (broad SMARTS) is 1. The number of hydrogen-bond acceptors (Lipinski definition) is 6. The lowest BCUT2D eigenvalue weighted by molar-refractivity contribution is -0.138. The first-order valence-electron chi connectivity index (χ1n) is 10.4. The zero-order valence-electron chi connectivity index (χ0n) is 17.4. The predicted octanol–water partition coefficient (Wildman–Crippen LogP) is 3.49. The summed E-state index contributed by atoms with van der Waals surface area (Å²) in [5, 5.41) is 39.0. The Balaban J connectivity index is 1.80. The van der Waals surface area contributed by atoms with Crippen molar-refractivity contribution in [3.63, 3.8) is 0 Å². The SMILES string of the molecule is O=C(O)CCCC=CCC1C(O)CC(O)C1SCC(O)COc1cccc(C(F)(F)F)c1. The maximum atomic E-state index is 12.8. The number of aliphatic hydroxyl groups excluding tert-OH is 3. The molecule has 1 aliphatic carbocycles. The molecule has 0 saturated heterocycles. The molecule has 180 valence electrons. The van der Waals surface area contributed by atoms with Crippen LogP contribution in [0.2, 0.25) is 0 Å². The van der Waals surface area contributed by atoms with Gasteiger partial charge >= 0.3 is 12.1 Å². The third kappa shape index (κ3) is 8.65. The number of ether oxygens (including phenoxy) is 1. The largest absolute Gasteiger partial charge is 0.491 e. The van der Waals surface area contributed by atoms with Gasteiger partial charge in [-0.25, -0.2) is 0 Å². The van der Waals surface area contributed by atoms with Crippen molar-refractivity contribution in [3.8, 4) is 5.75 Å². The number of carbonyl (C=O) groups is 1. The van der Waals surface area contributed by atoms with Crippen molar-refractivity contribution in [3.05, 3.63) is 42.0 Å². The second-order valence-corrected chi connectivity index (χ2v) is 9.03. The molecule has 1 fully saturated rings. The third-order valence-corrected chi connectivity index (χ3v) is 6.83. The maximum Gasteiger partial charge on any atom is 0.416 e. The normalized spacial score (nSPS) is 24.7. The van der Waals surface area contributed by atoms with Crippen molar-refractivity contribution in [1.29, 1.82) is 0 Å². The second-order valence-electron chi connectivity index (χ2n) is 7.82. The average Bonchev–Trinajstić information content (AvgIpc) is 2.99. The van der Waals surface area contributed by atoms with Gasteiger partial charge in [0.2, 0.25) is 0 Å². The number of hydrogen-bond donors (Lipinski definition) is 4. The van der Waals surface area contributed by atoms with Gasteiger partial charge in [-0.15, -0.1) is 0 Å². The number of thioether (sulfide) groups is 1. The molecule has 0 spiro atoms. The van der Waals surface area contributed by atoms with Crippen LogP contribution in [0.15, 0.2) is 36.4 Å². The van der Waals surface area contributed by atoms with Crippen LogP contribution >= 0.6 is 11.8 Å². The number of carboxylic acids is 1. The summed E-state index contributed by atoms with van der Waals surface area (Å²) in [4.78, 5) is 10.5. The molecule has 6 nitrogen and oxygen atoms in total. The van der Waals surface area contributed by atoms with Crippen LogP contribution in [0, 0.1) is 5.92 Å². The Morgan fingerprint density at radius 2 is 2.00 bits per heavy atom. The molecular weight excluding hydrogens is 449 g/mol. The molecule has 0 aliphatic heterocycles. The Morgan fingerprint density at radius 3 is 2.69 bits per heavy atom. The average molecular weight is 479 g/mol. The quantitative estimate of drug-likeness (QED) is 0.269. The fourth-order valence-corrected chi connectivity index (χ4v) is 4.97. The second kappa shape index (κ2) is 12.5. The van der Waals surface area contributed by atoms with Gasteiger partial charge in [0.05, 0.1) is 23.9 Å². The molecule has 1 saturated carbocycles. The number of aliphatic hydroxyl groups is 3. The molecule has 32 heavy (non-hydrogen) atoms. The number of alkyl halides is 3. The van der Waals surface area contributed by atoms with Crippen LogP contribution in [-0.4, -0.2) is 62.3 Å². The summed E-state index contributed by atoms with van der Waals surface area (Å²) < 4.78 is 43.6. The third-order valence-electron chi connectivity index (χ3n) is 5.20. The van der Waals surface area contributed by atoms with Gasteiger partial charge in [0.25, 0.3) is 0 Å².